The van der Waals surface area contributed by atoms with E-state index in [9.17, 15) is 44.1 Å². The molecule has 4 heterocycles. The van der Waals surface area contributed by atoms with Crippen LogP contribution in [0.3, 0.4) is 0 Å². The van der Waals surface area contributed by atoms with Crippen molar-refractivity contribution in [1.29, 1.82) is 0 Å². The molecule has 0 saturated carbocycles. The van der Waals surface area contributed by atoms with Crippen molar-refractivity contribution in [3.63, 3.8) is 0 Å². The maximum atomic E-state index is 14.2. The van der Waals surface area contributed by atoms with Gasteiger partial charge in [0.25, 0.3) is 11.8 Å². The van der Waals surface area contributed by atoms with Crippen LogP contribution in [0.15, 0.2) is 30.4 Å². The van der Waals surface area contributed by atoms with E-state index in [1.54, 1.807) is 0 Å². The summed E-state index contributed by atoms with van der Waals surface area (Å²) in [5.41, 5.74) is -3.77. The number of phenolic OH excluding ortho intramolecular Hbond substituents is 2. The molecular formula is C50H63N3O21. The quantitative estimate of drug-likeness (QED) is 0.0439. The van der Waals surface area contributed by atoms with Crippen LogP contribution in [-0.4, -0.2) is 223 Å². The first-order valence-electron chi connectivity index (χ1n) is 24.5. The Morgan fingerprint density at radius 2 is 1.45 bits per heavy atom. The molecule has 8 atom stereocenters. The van der Waals surface area contributed by atoms with Crippen molar-refractivity contribution in [2.75, 3.05) is 120 Å². The molecule has 3 saturated heterocycles. The number of ketones is 3. The average molecular weight is 1040 g/mol. The van der Waals surface area contributed by atoms with Gasteiger partial charge in [-0.2, -0.15) is 0 Å². The Bertz CT molecular complexity index is 2420. The molecule has 24 heteroatoms. The largest absolute Gasteiger partial charge is 0.507 e. The number of hydrogen-bond donors (Lipinski definition) is 4. The molecule has 6 aliphatic rings. The van der Waals surface area contributed by atoms with Crippen molar-refractivity contribution in [2.24, 2.45) is 0 Å². The predicted octanol–water partition coefficient (Wildman–Crippen LogP) is -0.140. The van der Waals surface area contributed by atoms with Gasteiger partial charge < -0.3 is 77.5 Å². The summed E-state index contributed by atoms with van der Waals surface area (Å²) in [5, 5.41) is 38.8. The van der Waals surface area contributed by atoms with Crippen molar-refractivity contribution in [3.05, 3.63) is 63.7 Å². The highest BCUT2D eigenvalue weighted by molar-refractivity contribution is 6.31. The third-order valence-corrected chi connectivity index (χ3v) is 13.6. The Morgan fingerprint density at radius 1 is 0.797 bits per heavy atom. The number of rotatable bonds is 27. The number of methoxy groups -OCH3 is 2. The van der Waals surface area contributed by atoms with Gasteiger partial charge in [-0.15, -0.1) is 0 Å². The summed E-state index contributed by atoms with van der Waals surface area (Å²) in [6.07, 6.45) is -2.90. The number of ether oxygens (including phenoxy) is 12. The zero-order chi connectivity index (χ0) is 52.5. The molecule has 74 heavy (non-hydrogen) atoms. The van der Waals surface area contributed by atoms with Gasteiger partial charge in [0.2, 0.25) is 11.7 Å². The minimum atomic E-state index is -2.33. The van der Waals surface area contributed by atoms with E-state index in [1.807, 2.05) is 6.92 Å². The molecule has 2 aliphatic carbocycles. The molecule has 2 aromatic rings. The van der Waals surface area contributed by atoms with Crippen molar-refractivity contribution >= 4 is 35.1 Å². The molecule has 0 bridgehead atoms. The number of fused-ring (bicyclic) bond motifs is 6. The summed E-state index contributed by atoms with van der Waals surface area (Å²) in [5.74, 6) is -5.01. The monoisotopic (exact) mass is 1040 g/mol. The van der Waals surface area contributed by atoms with Crippen LogP contribution in [0.25, 0.3) is 0 Å². The first-order valence-corrected chi connectivity index (χ1v) is 24.5. The van der Waals surface area contributed by atoms with E-state index in [4.69, 9.17) is 56.8 Å². The molecular weight excluding hydrogens is 979 g/mol. The van der Waals surface area contributed by atoms with Crippen molar-refractivity contribution in [3.8, 4) is 17.2 Å². The van der Waals surface area contributed by atoms with E-state index in [2.05, 4.69) is 10.2 Å². The summed E-state index contributed by atoms with van der Waals surface area (Å²) < 4.78 is 68.6. The van der Waals surface area contributed by atoms with Crippen LogP contribution in [0.4, 0.5) is 0 Å². The second-order valence-electron chi connectivity index (χ2n) is 18.2. The second-order valence-corrected chi connectivity index (χ2v) is 18.2. The summed E-state index contributed by atoms with van der Waals surface area (Å²) in [6.45, 7) is 4.66. The van der Waals surface area contributed by atoms with Gasteiger partial charge >= 0.3 is 0 Å². The summed E-state index contributed by atoms with van der Waals surface area (Å²) >= 11 is 0. The maximum Gasteiger partial charge on any atom is 0.253 e. The summed E-state index contributed by atoms with van der Waals surface area (Å²) in [6, 6.07) is 4.16. The molecule has 404 valence electrons. The number of Topliss-reactive ketones (excluding diaryl/α,β-unsaturated/α-hetero) is 1. The van der Waals surface area contributed by atoms with Crippen LogP contribution < -0.4 is 10.1 Å². The third-order valence-electron chi connectivity index (χ3n) is 13.6. The topological polar surface area (TPSA) is 292 Å². The Hall–Kier alpha value is -5.32. The van der Waals surface area contributed by atoms with Crippen LogP contribution in [0.5, 0.6) is 17.2 Å². The molecule has 0 spiro atoms. The lowest BCUT2D eigenvalue weighted by Crippen LogP contribution is -2.55. The van der Waals surface area contributed by atoms with E-state index in [0.717, 1.165) is 4.90 Å². The zero-order valence-electron chi connectivity index (χ0n) is 41.4. The molecule has 3 amide bonds. The molecule has 0 radical (unpaired) electrons. The van der Waals surface area contributed by atoms with Gasteiger partial charge in [0.15, 0.2) is 30.4 Å². The van der Waals surface area contributed by atoms with Gasteiger partial charge in [-0.05, 0) is 13.0 Å². The summed E-state index contributed by atoms with van der Waals surface area (Å²) in [4.78, 5) is 81.1. The summed E-state index contributed by atoms with van der Waals surface area (Å²) in [7, 11) is 2.86. The average Bonchev–Trinajstić information content (AvgIpc) is 3.93. The number of aliphatic hydroxyl groups is 1. The van der Waals surface area contributed by atoms with E-state index >= 15 is 0 Å². The van der Waals surface area contributed by atoms with Crippen LogP contribution in [0.2, 0.25) is 0 Å². The van der Waals surface area contributed by atoms with E-state index in [1.165, 1.54) is 44.6 Å². The van der Waals surface area contributed by atoms with Gasteiger partial charge in [0, 0.05) is 74.3 Å². The highest BCUT2D eigenvalue weighted by atomic mass is 16.7. The first kappa shape index (κ1) is 54.9. The fourth-order valence-electron chi connectivity index (χ4n) is 10.0. The standard InChI is InChI=1S/C50H63N3O21/c1-28-47-31(52-11-14-71-49(64-3)48(52)74-47)23-38(72-28)73-33-25-50(62,24-30-40(33)46(61)42-41(44(30)59)43(58)29-5-4-6-32(63-2)39(29)45(42)60)34(54)26-70-27-35(55)51-9-12-65-15-17-67-19-21-69-22-20-68-18-16-66-13-10-53-36(56)7-8-37(53)57/h4-8,28,31,33,38,47-49,59,61-62H,9-27H2,1-3H3,(H,51,55)/t28-,31?,33-,38-,47?,48+,49-,50-/m0/s1. The molecule has 8 rings (SSSR count). The number of carbonyl (C=O) groups is 6. The number of imide groups is 1. The van der Waals surface area contributed by atoms with Crippen LogP contribution in [0.1, 0.15) is 68.8 Å². The number of nitrogens with zero attached hydrogens (tertiary/aromatic N) is 2. The third kappa shape index (κ3) is 12.0. The Kier molecular flexibility index (Phi) is 18.6. The van der Waals surface area contributed by atoms with Gasteiger partial charge in [-0.3, -0.25) is 38.6 Å². The maximum absolute atomic E-state index is 14.2. The minimum Gasteiger partial charge on any atom is -0.507 e. The van der Waals surface area contributed by atoms with Crippen molar-refractivity contribution < 1.29 is 101 Å². The zero-order valence-corrected chi connectivity index (χ0v) is 41.4. The Labute approximate surface area is 425 Å². The van der Waals surface area contributed by atoms with Gasteiger partial charge in [-0.1, -0.05) is 12.1 Å². The fourth-order valence-corrected chi connectivity index (χ4v) is 10.0. The second kappa shape index (κ2) is 25.0. The molecule has 2 unspecified atom stereocenters. The van der Waals surface area contributed by atoms with E-state index < -0.39 is 115 Å². The molecule has 2 aromatic carbocycles. The molecule has 0 aromatic heterocycles. The number of nitrogens with one attached hydrogen (secondary N) is 1. The lowest BCUT2D eigenvalue weighted by Gasteiger charge is -2.43. The van der Waals surface area contributed by atoms with Gasteiger partial charge in [-0.25, -0.2) is 0 Å². The molecule has 3 fully saturated rings. The number of phenols is 2. The fraction of sp³-hybridized carbons (Fsp3) is 0.600. The molecule has 4 N–H and O–H groups in total. The van der Waals surface area contributed by atoms with Crippen LogP contribution in [0, 0.1) is 0 Å². The lowest BCUT2D eigenvalue weighted by atomic mass is 9.72. The number of benzene rings is 2. The van der Waals surface area contributed by atoms with Crippen LogP contribution in [-0.2, 0) is 77.7 Å². The minimum absolute atomic E-state index is 0.0725. The van der Waals surface area contributed by atoms with Crippen molar-refractivity contribution in [1.82, 2.24) is 15.1 Å². The van der Waals surface area contributed by atoms with E-state index in [-0.39, 0.29) is 91.8 Å². The molecule has 4 aliphatic heterocycles. The Balaban J connectivity index is 0.794. The smallest absolute Gasteiger partial charge is 0.253 e. The number of aromatic hydroxyl groups is 2. The Morgan fingerprint density at radius 3 is 2.11 bits per heavy atom. The van der Waals surface area contributed by atoms with Crippen molar-refractivity contribution in [2.45, 2.75) is 74.9 Å². The lowest BCUT2D eigenvalue weighted by molar-refractivity contribution is -0.256. The predicted molar refractivity (Wildman–Crippen MR) is 250 cm³/mol. The number of morpholine rings is 1. The van der Waals surface area contributed by atoms with Crippen LogP contribution >= 0.6 is 0 Å². The first-order chi connectivity index (χ1) is 35.8. The normalized spacial score (nSPS) is 26.2. The van der Waals surface area contributed by atoms with Gasteiger partial charge in [0.1, 0.15) is 42.2 Å². The number of amides is 3. The highest BCUT2D eigenvalue weighted by Crippen LogP contribution is 2.53. The van der Waals surface area contributed by atoms with E-state index in [0.29, 0.717) is 52.8 Å². The number of hydrogen-bond acceptors (Lipinski definition) is 22. The number of carbonyl (C=O) groups excluding carboxylic acids is 6. The SMILES string of the molecule is COc1cccc2c1C(=O)c1c(O)c3c(c(O)c1C2=O)C[C@@](O)(C(=O)COCC(=O)NCCOCCOCCOCCOCCOCCN1C(=O)C=CC1=O)C[C@@H]3O[C@H]1CC2C(O[C@@H]3[C@@H](OC)OCCN23)[C@H](C)O1. The highest BCUT2D eigenvalue weighted by Gasteiger charge is 2.55. The van der Waals surface area contributed by atoms with Gasteiger partial charge in [0.05, 0.1) is 115 Å². The molecule has 24 nitrogen and oxygen atoms in total.